The highest BCUT2D eigenvalue weighted by atomic mass is 16.5. The van der Waals surface area contributed by atoms with E-state index in [1.54, 1.807) is 0 Å². The van der Waals surface area contributed by atoms with Gasteiger partial charge in [-0.15, -0.1) is 0 Å². The van der Waals surface area contributed by atoms with Gasteiger partial charge in [0.2, 0.25) is 0 Å². The first-order valence-corrected chi connectivity index (χ1v) is 8.21. The summed E-state index contributed by atoms with van der Waals surface area (Å²) in [6.07, 6.45) is 1.73. The number of rotatable bonds is 4. The number of hydrogen-bond acceptors (Lipinski definition) is 3. The van der Waals surface area contributed by atoms with Gasteiger partial charge in [-0.2, -0.15) is 0 Å². The summed E-state index contributed by atoms with van der Waals surface area (Å²) in [5, 5.41) is 0. The van der Waals surface area contributed by atoms with Crippen LogP contribution >= 0.6 is 0 Å². The van der Waals surface area contributed by atoms with Gasteiger partial charge in [-0.05, 0) is 38.1 Å². The number of aryl methyl sites for hydroxylation is 1. The van der Waals surface area contributed by atoms with Gasteiger partial charge in [0.1, 0.15) is 24.2 Å². The van der Waals surface area contributed by atoms with Crippen molar-refractivity contribution in [3.63, 3.8) is 0 Å². The first kappa shape index (κ1) is 16.6. The summed E-state index contributed by atoms with van der Waals surface area (Å²) in [7, 11) is 1.88. The molecule has 5 nitrogen and oxygen atoms in total. The number of nitrogens with zero attached hydrogens (tertiary/aromatic N) is 2. The molecule has 0 N–H and O–H groups in total. The largest absolute Gasteiger partial charge is 0.491 e. The number of ether oxygens (including phenoxy) is 2. The maximum absolute atomic E-state index is 12.8. The van der Waals surface area contributed by atoms with Gasteiger partial charge in [0.25, 0.3) is 5.91 Å². The van der Waals surface area contributed by atoms with Crippen molar-refractivity contribution in [1.29, 1.82) is 0 Å². The minimum Gasteiger partial charge on any atom is -0.491 e. The third kappa shape index (κ3) is 3.79. The van der Waals surface area contributed by atoms with Crippen molar-refractivity contribution >= 4 is 5.91 Å². The zero-order valence-electron chi connectivity index (χ0n) is 14.4. The van der Waals surface area contributed by atoms with Crippen molar-refractivity contribution in [2.45, 2.75) is 25.6 Å². The summed E-state index contributed by atoms with van der Waals surface area (Å²) in [5.74, 6) is 0.841. The highest BCUT2D eigenvalue weighted by molar-refractivity contribution is 5.92. The Balaban J connectivity index is 1.68. The maximum atomic E-state index is 12.8. The molecule has 1 aliphatic heterocycles. The van der Waals surface area contributed by atoms with Crippen LogP contribution in [0.5, 0.6) is 5.75 Å². The monoisotopic (exact) mass is 328 g/mol. The zero-order valence-corrected chi connectivity index (χ0v) is 14.4. The molecule has 2 aromatic rings. The predicted molar refractivity (Wildman–Crippen MR) is 92.2 cm³/mol. The number of carbonyl (C=O) groups excluding carboxylic acids is 1. The van der Waals surface area contributed by atoms with Gasteiger partial charge in [0.15, 0.2) is 0 Å². The van der Waals surface area contributed by atoms with E-state index in [1.807, 2.05) is 79.0 Å². The Bertz CT molecular complexity index is 694. The molecule has 128 valence electrons. The lowest BCUT2D eigenvalue weighted by Crippen LogP contribution is -2.56. The van der Waals surface area contributed by atoms with E-state index in [0.717, 1.165) is 5.75 Å². The molecule has 0 radical (unpaired) electrons. The van der Waals surface area contributed by atoms with Crippen LogP contribution in [0.15, 0.2) is 48.7 Å². The SMILES string of the molecule is Cn1cccc1C(=O)N1CC(COc2ccccc2)OC(C)(C)C1. The second-order valence-corrected chi connectivity index (χ2v) is 6.81. The normalized spacial score (nSPS) is 20.0. The Hall–Kier alpha value is -2.27. The van der Waals surface area contributed by atoms with E-state index in [2.05, 4.69) is 0 Å². The Kier molecular flexibility index (Phi) is 4.62. The van der Waals surface area contributed by atoms with Crippen LogP contribution in [0, 0.1) is 0 Å². The van der Waals surface area contributed by atoms with Gasteiger partial charge in [-0.3, -0.25) is 4.79 Å². The molecule has 24 heavy (non-hydrogen) atoms. The topological polar surface area (TPSA) is 43.7 Å². The maximum Gasteiger partial charge on any atom is 0.270 e. The van der Waals surface area contributed by atoms with Crippen LogP contribution in [0.4, 0.5) is 0 Å². The summed E-state index contributed by atoms with van der Waals surface area (Å²) in [6, 6.07) is 13.4. The molecular weight excluding hydrogens is 304 g/mol. The number of amides is 1. The van der Waals surface area contributed by atoms with Crippen LogP contribution in [0.2, 0.25) is 0 Å². The fourth-order valence-corrected chi connectivity index (χ4v) is 3.09. The molecular formula is C19H24N2O3. The Labute approximate surface area is 142 Å². The molecule has 0 bridgehead atoms. The minimum atomic E-state index is -0.399. The summed E-state index contributed by atoms with van der Waals surface area (Å²) < 4.78 is 13.8. The average Bonchev–Trinajstić information content (AvgIpc) is 2.98. The van der Waals surface area contributed by atoms with Crippen LogP contribution in [0.1, 0.15) is 24.3 Å². The highest BCUT2D eigenvalue weighted by Crippen LogP contribution is 2.23. The van der Waals surface area contributed by atoms with Crippen molar-refractivity contribution in [2.75, 3.05) is 19.7 Å². The van der Waals surface area contributed by atoms with Crippen LogP contribution in [0.3, 0.4) is 0 Å². The lowest BCUT2D eigenvalue weighted by molar-refractivity contribution is -0.136. The van der Waals surface area contributed by atoms with E-state index in [9.17, 15) is 4.79 Å². The summed E-state index contributed by atoms with van der Waals surface area (Å²) in [6.45, 7) is 5.53. The third-order valence-electron chi connectivity index (χ3n) is 4.11. The van der Waals surface area contributed by atoms with Crippen LogP contribution in [-0.2, 0) is 11.8 Å². The van der Waals surface area contributed by atoms with E-state index in [1.165, 1.54) is 0 Å². The van der Waals surface area contributed by atoms with Crippen molar-refractivity contribution in [3.8, 4) is 5.75 Å². The zero-order chi connectivity index (χ0) is 17.2. The van der Waals surface area contributed by atoms with Gasteiger partial charge >= 0.3 is 0 Å². The number of carbonyl (C=O) groups is 1. The molecule has 1 amide bonds. The second-order valence-electron chi connectivity index (χ2n) is 6.81. The van der Waals surface area contributed by atoms with E-state index < -0.39 is 5.60 Å². The molecule has 1 aromatic heterocycles. The summed E-state index contributed by atoms with van der Waals surface area (Å²) in [4.78, 5) is 14.7. The van der Waals surface area contributed by atoms with Crippen LogP contribution in [-0.4, -0.2) is 46.8 Å². The van der Waals surface area contributed by atoms with E-state index >= 15 is 0 Å². The Morgan fingerprint density at radius 3 is 2.67 bits per heavy atom. The second kappa shape index (κ2) is 6.69. The summed E-state index contributed by atoms with van der Waals surface area (Å²) >= 11 is 0. The molecule has 0 saturated carbocycles. The fourth-order valence-electron chi connectivity index (χ4n) is 3.09. The molecule has 2 heterocycles. The molecule has 1 unspecified atom stereocenters. The number of benzene rings is 1. The predicted octanol–water partition coefficient (Wildman–Crippen LogP) is 2.72. The molecule has 1 aliphatic rings. The molecule has 1 fully saturated rings. The molecule has 3 rings (SSSR count). The Morgan fingerprint density at radius 2 is 2.00 bits per heavy atom. The minimum absolute atomic E-state index is 0.0311. The highest BCUT2D eigenvalue weighted by Gasteiger charge is 2.36. The number of hydrogen-bond donors (Lipinski definition) is 0. The van der Waals surface area contributed by atoms with E-state index in [-0.39, 0.29) is 12.0 Å². The van der Waals surface area contributed by atoms with Gasteiger partial charge in [0.05, 0.1) is 12.1 Å². The first-order valence-electron chi connectivity index (χ1n) is 8.21. The lowest BCUT2D eigenvalue weighted by atomic mass is 10.0. The van der Waals surface area contributed by atoms with Gasteiger partial charge < -0.3 is 18.9 Å². The number of aromatic nitrogens is 1. The van der Waals surface area contributed by atoms with Crippen molar-refractivity contribution in [3.05, 3.63) is 54.4 Å². The van der Waals surface area contributed by atoms with Crippen molar-refractivity contribution < 1.29 is 14.3 Å². The fraction of sp³-hybridized carbons (Fsp3) is 0.421. The van der Waals surface area contributed by atoms with E-state index in [4.69, 9.17) is 9.47 Å². The molecule has 0 spiro atoms. The number of morpholine rings is 1. The molecule has 1 aromatic carbocycles. The molecule has 1 saturated heterocycles. The van der Waals surface area contributed by atoms with Gasteiger partial charge in [-0.25, -0.2) is 0 Å². The van der Waals surface area contributed by atoms with Crippen LogP contribution in [0.25, 0.3) is 0 Å². The Morgan fingerprint density at radius 1 is 1.25 bits per heavy atom. The standard InChI is InChI=1S/C19H24N2O3/c1-19(2)14-21(18(22)17-10-7-11-20(17)3)12-16(24-19)13-23-15-8-5-4-6-9-15/h4-11,16H,12-14H2,1-3H3. The van der Waals surface area contributed by atoms with E-state index in [0.29, 0.717) is 25.4 Å². The lowest BCUT2D eigenvalue weighted by Gasteiger charge is -2.42. The van der Waals surface area contributed by atoms with Gasteiger partial charge in [-0.1, -0.05) is 18.2 Å². The molecule has 1 atom stereocenters. The summed E-state index contributed by atoms with van der Waals surface area (Å²) in [5.41, 5.74) is 0.291. The molecule has 0 aliphatic carbocycles. The first-order chi connectivity index (χ1) is 11.4. The number of para-hydroxylation sites is 1. The van der Waals surface area contributed by atoms with Crippen molar-refractivity contribution in [2.24, 2.45) is 7.05 Å². The quantitative estimate of drug-likeness (QED) is 0.867. The van der Waals surface area contributed by atoms with Gasteiger partial charge in [0, 0.05) is 19.8 Å². The van der Waals surface area contributed by atoms with Crippen molar-refractivity contribution in [1.82, 2.24) is 9.47 Å². The average molecular weight is 328 g/mol. The smallest absolute Gasteiger partial charge is 0.270 e. The molecule has 5 heteroatoms. The third-order valence-corrected chi connectivity index (χ3v) is 4.11. The van der Waals surface area contributed by atoms with Crippen LogP contribution < -0.4 is 4.74 Å².